The monoisotopic (exact) mass is 349 g/mol. The fraction of sp³-hybridized carbons (Fsp3) is 0.143. The number of carbonyl (C=O) groups excluding carboxylic acids is 2. The molecule has 0 spiro atoms. The molecule has 26 heavy (non-hydrogen) atoms. The summed E-state index contributed by atoms with van der Waals surface area (Å²) in [5.41, 5.74) is 3.13. The lowest BCUT2D eigenvalue weighted by atomic mass is 9.90. The van der Waals surface area contributed by atoms with E-state index in [-0.39, 0.29) is 22.8 Å². The highest BCUT2D eigenvalue weighted by Gasteiger charge is 2.26. The Morgan fingerprint density at radius 1 is 1.31 bits per heavy atom. The van der Waals surface area contributed by atoms with E-state index in [4.69, 9.17) is 4.74 Å². The molecule has 1 aliphatic carbocycles. The molecular weight excluding hydrogens is 330 g/mol. The number of aromatic nitrogens is 1. The normalized spacial score (nSPS) is 14.4. The lowest BCUT2D eigenvalue weighted by Gasteiger charge is -2.13. The Kier molecular flexibility index (Phi) is 4.63. The molecule has 132 valence electrons. The Bertz CT molecular complexity index is 976. The number of benzene rings is 1. The van der Waals surface area contributed by atoms with Crippen LogP contribution in [0.5, 0.6) is 5.88 Å². The Morgan fingerprint density at radius 3 is 2.73 bits per heavy atom. The lowest BCUT2D eigenvalue weighted by molar-refractivity contribution is -0.109. The van der Waals surface area contributed by atoms with E-state index < -0.39 is 5.97 Å². The first-order valence-electron chi connectivity index (χ1n) is 8.14. The fourth-order valence-corrected chi connectivity index (χ4v) is 3.16. The number of hydrogen-bond donors (Lipinski definition) is 1. The van der Waals surface area contributed by atoms with Crippen LogP contribution in [0, 0.1) is 6.92 Å². The fourth-order valence-electron chi connectivity index (χ4n) is 3.16. The molecule has 5 heteroatoms. The highest BCUT2D eigenvalue weighted by molar-refractivity contribution is 6.33. The first-order valence-corrected chi connectivity index (χ1v) is 8.14. The SMILES string of the molecule is C=CCn1c(C)c(C(=O)OC)c(C=C2C(=O)C=Cc3ccccc32)c1O. The quantitative estimate of drug-likeness (QED) is 0.520. The van der Waals surface area contributed by atoms with Crippen molar-refractivity contribution in [2.24, 2.45) is 0 Å². The second-order valence-corrected chi connectivity index (χ2v) is 5.93. The minimum Gasteiger partial charge on any atom is -0.494 e. The van der Waals surface area contributed by atoms with Crippen LogP contribution in [0.1, 0.15) is 32.7 Å². The third-order valence-electron chi connectivity index (χ3n) is 4.45. The van der Waals surface area contributed by atoms with Gasteiger partial charge in [0.15, 0.2) is 11.7 Å². The summed E-state index contributed by atoms with van der Waals surface area (Å²) < 4.78 is 6.43. The molecule has 1 N–H and O–H groups in total. The van der Waals surface area contributed by atoms with Crippen molar-refractivity contribution >= 4 is 29.5 Å². The van der Waals surface area contributed by atoms with Crippen molar-refractivity contribution in [3.05, 3.63) is 70.9 Å². The maximum Gasteiger partial charge on any atom is 0.340 e. The van der Waals surface area contributed by atoms with Gasteiger partial charge in [-0.15, -0.1) is 6.58 Å². The number of nitrogens with zero attached hydrogens (tertiary/aromatic N) is 1. The Labute approximate surface area is 151 Å². The van der Waals surface area contributed by atoms with Crippen LogP contribution in [-0.4, -0.2) is 28.5 Å². The maximum atomic E-state index is 12.5. The third kappa shape index (κ3) is 2.77. The molecule has 0 atom stereocenters. The van der Waals surface area contributed by atoms with Crippen molar-refractivity contribution in [2.75, 3.05) is 7.11 Å². The lowest BCUT2D eigenvalue weighted by Crippen LogP contribution is -2.07. The number of carbonyl (C=O) groups is 2. The van der Waals surface area contributed by atoms with Crippen molar-refractivity contribution < 1.29 is 19.4 Å². The van der Waals surface area contributed by atoms with Gasteiger partial charge in [-0.1, -0.05) is 36.4 Å². The minimum absolute atomic E-state index is 0.102. The van der Waals surface area contributed by atoms with Gasteiger partial charge in [0.1, 0.15) is 0 Å². The van der Waals surface area contributed by atoms with Gasteiger partial charge in [0.2, 0.25) is 0 Å². The van der Waals surface area contributed by atoms with E-state index in [1.165, 1.54) is 13.2 Å². The smallest absolute Gasteiger partial charge is 0.340 e. The molecule has 2 aromatic rings. The highest BCUT2D eigenvalue weighted by atomic mass is 16.5. The van der Waals surface area contributed by atoms with Crippen LogP contribution in [0.3, 0.4) is 0 Å². The van der Waals surface area contributed by atoms with Gasteiger partial charge in [-0.25, -0.2) is 4.79 Å². The number of ketones is 1. The number of esters is 1. The molecule has 5 nitrogen and oxygen atoms in total. The van der Waals surface area contributed by atoms with Gasteiger partial charge in [-0.2, -0.15) is 0 Å². The number of allylic oxidation sites excluding steroid dienone is 3. The Hall–Kier alpha value is -3.34. The highest BCUT2D eigenvalue weighted by Crippen LogP contribution is 2.35. The summed E-state index contributed by atoms with van der Waals surface area (Å²) in [5.74, 6) is -0.859. The van der Waals surface area contributed by atoms with E-state index in [1.54, 1.807) is 29.7 Å². The summed E-state index contributed by atoms with van der Waals surface area (Å²) in [7, 11) is 1.28. The molecule has 0 saturated carbocycles. The summed E-state index contributed by atoms with van der Waals surface area (Å²) in [6, 6.07) is 7.47. The molecule has 1 heterocycles. The van der Waals surface area contributed by atoms with Crippen molar-refractivity contribution in [1.82, 2.24) is 4.57 Å². The predicted molar refractivity (Wildman–Crippen MR) is 101 cm³/mol. The van der Waals surface area contributed by atoms with E-state index >= 15 is 0 Å². The zero-order valence-electron chi connectivity index (χ0n) is 14.7. The molecule has 1 aromatic heterocycles. The molecule has 0 fully saturated rings. The molecular formula is C21H19NO4. The number of rotatable bonds is 4. The maximum absolute atomic E-state index is 12.5. The first kappa shape index (κ1) is 17.5. The first-order chi connectivity index (χ1) is 12.5. The molecule has 0 amide bonds. The average molecular weight is 349 g/mol. The largest absolute Gasteiger partial charge is 0.494 e. The average Bonchev–Trinajstić information content (AvgIpc) is 2.88. The van der Waals surface area contributed by atoms with Gasteiger partial charge in [-0.05, 0) is 30.2 Å². The summed E-state index contributed by atoms with van der Waals surface area (Å²) in [5, 5.41) is 10.7. The van der Waals surface area contributed by atoms with Crippen molar-refractivity contribution in [1.29, 1.82) is 0 Å². The zero-order valence-corrected chi connectivity index (χ0v) is 14.7. The van der Waals surface area contributed by atoms with Crippen molar-refractivity contribution in [3.8, 4) is 5.88 Å². The van der Waals surface area contributed by atoms with E-state index in [9.17, 15) is 14.7 Å². The van der Waals surface area contributed by atoms with Gasteiger partial charge in [0.25, 0.3) is 0 Å². The molecule has 0 bridgehead atoms. The number of aromatic hydroxyl groups is 1. The molecule has 3 rings (SSSR count). The Morgan fingerprint density at radius 2 is 2.04 bits per heavy atom. The van der Waals surface area contributed by atoms with Crippen molar-refractivity contribution in [3.63, 3.8) is 0 Å². The van der Waals surface area contributed by atoms with Crippen LogP contribution < -0.4 is 0 Å². The topological polar surface area (TPSA) is 68.5 Å². The molecule has 0 unspecified atom stereocenters. The number of hydrogen-bond acceptors (Lipinski definition) is 4. The standard InChI is InChI=1S/C21H19NO4/c1-4-11-22-13(2)19(21(25)26-3)17(20(22)24)12-16-15-8-6-5-7-14(15)9-10-18(16)23/h4-10,12,24H,1,11H2,2-3H3. The van der Waals surface area contributed by atoms with Crippen LogP contribution in [0.2, 0.25) is 0 Å². The molecule has 1 aromatic carbocycles. The number of ether oxygens (including phenoxy) is 1. The Balaban J connectivity index is 2.27. The summed E-state index contributed by atoms with van der Waals surface area (Å²) >= 11 is 0. The van der Waals surface area contributed by atoms with Crippen LogP contribution in [0.15, 0.2) is 43.0 Å². The molecule has 1 aliphatic rings. The summed E-state index contributed by atoms with van der Waals surface area (Å²) in [6.45, 7) is 5.72. The molecule has 0 saturated heterocycles. The van der Waals surface area contributed by atoms with Gasteiger partial charge < -0.3 is 14.4 Å². The van der Waals surface area contributed by atoms with Gasteiger partial charge in [-0.3, -0.25) is 4.79 Å². The van der Waals surface area contributed by atoms with Crippen molar-refractivity contribution in [2.45, 2.75) is 13.5 Å². The second kappa shape index (κ2) is 6.88. The summed E-state index contributed by atoms with van der Waals surface area (Å²) in [4.78, 5) is 24.8. The number of methoxy groups -OCH3 is 1. The predicted octanol–water partition coefficient (Wildman–Crippen LogP) is 3.61. The van der Waals surface area contributed by atoms with Crippen LogP contribution in [-0.2, 0) is 16.1 Å². The van der Waals surface area contributed by atoms with Crippen LogP contribution in [0.4, 0.5) is 0 Å². The van der Waals surface area contributed by atoms with E-state index in [0.29, 0.717) is 17.8 Å². The van der Waals surface area contributed by atoms with E-state index in [2.05, 4.69) is 6.58 Å². The zero-order chi connectivity index (χ0) is 18.8. The minimum atomic E-state index is -0.570. The second-order valence-electron chi connectivity index (χ2n) is 5.93. The van der Waals surface area contributed by atoms with Crippen LogP contribution in [0.25, 0.3) is 17.7 Å². The molecule has 0 aliphatic heterocycles. The summed E-state index contributed by atoms with van der Waals surface area (Å²) in [6.07, 6.45) is 6.41. The van der Waals surface area contributed by atoms with Gasteiger partial charge >= 0.3 is 5.97 Å². The van der Waals surface area contributed by atoms with Crippen LogP contribution >= 0.6 is 0 Å². The number of fused-ring (bicyclic) bond motifs is 1. The third-order valence-corrected chi connectivity index (χ3v) is 4.45. The van der Waals surface area contributed by atoms with Gasteiger partial charge in [0, 0.05) is 17.8 Å². The van der Waals surface area contributed by atoms with Gasteiger partial charge in [0.05, 0.1) is 18.2 Å². The molecule has 0 radical (unpaired) electrons. The van der Waals surface area contributed by atoms with E-state index in [0.717, 1.165) is 11.1 Å². The van der Waals surface area contributed by atoms with E-state index in [1.807, 2.05) is 24.3 Å².